The smallest absolute Gasteiger partial charge is 0.262 e. The molecule has 1 unspecified atom stereocenters. The SMILES string of the molecule is CC1(C)CC(NC(=O)c2sccc2Br)c2cc(N)ccc2O1. The summed E-state index contributed by atoms with van der Waals surface area (Å²) in [6.07, 6.45) is 0.693. The summed E-state index contributed by atoms with van der Waals surface area (Å²) < 4.78 is 6.80. The maximum absolute atomic E-state index is 12.5. The van der Waals surface area contributed by atoms with Gasteiger partial charge >= 0.3 is 0 Å². The van der Waals surface area contributed by atoms with Crippen molar-refractivity contribution in [1.29, 1.82) is 0 Å². The van der Waals surface area contributed by atoms with Crippen molar-refractivity contribution in [3.63, 3.8) is 0 Å². The third-order valence-corrected chi connectivity index (χ3v) is 5.46. The zero-order chi connectivity index (χ0) is 15.9. The van der Waals surface area contributed by atoms with Crippen LogP contribution in [0.3, 0.4) is 0 Å². The van der Waals surface area contributed by atoms with Crippen molar-refractivity contribution in [2.45, 2.75) is 31.9 Å². The Morgan fingerprint density at radius 2 is 2.23 bits per heavy atom. The van der Waals surface area contributed by atoms with E-state index in [1.165, 1.54) is 11.3 Å². The van der Waals surface area contributed by atoms with Crippen LogP contribution < -0.4 is 15.8 Å². The second kappa shape index (κ2) is 5.59. The summed E-state index contributed by atoms with van der Waals surface area (Å²) in [6, 6.07) is 7.31. The first-order chi connectivity index (χ1) is 10.4. The molecule has 0 bridgehead atoms. The van der Waals surface area contributed by atoms with Gasteiger partial charge in [0.25, 0.3) is 5.91 Å². The standard InChI is InChI=1S/C16H17BrN2O2S/c1-16(2)8-12(10-7-9(18)3-4-13(10)21-16)19-15(20)14-11(17)5-6-22-14/h3-7,12H,8,18H2,1-2H3,(H,19,20). The molecule has 0 saturated carbocycles. The Labute approximate surface area is 141 Å². The van der Waals surface area contributed by atoms with Crippen LogP contribution in [0.15, 0.2) is 34.1 Å². The molecule has 4 nitrogen and oxygen atoms in total. The van der Waals surface area contributed by atoms with Gasteiger partial charge < -0.3 is 15.8 Å². The number of fused-ring (bicyclic) bond motifs is 1. The van der Waals surface area contributed by atoms with Gasteiger partial charge in [-0.05, 0) is 59.4 Å². The molecule has 3 rings (SSSR count). The van der Waals surface area contributed by atoms with Crippen molar-refractivity contribution in [3.05, 3.63) is 44.6 Å². The zero-order valence-electron chi connectivity index (χ0n) is 12.4. The number of nitrogens with two attached hydrogens (primary N) is 1. The number of halogens is 1. The molecule has 0 radical (unpaired) electrons. The minimum absolute atomic E-state index is 0.0852. The van der Waals surface area contributed by atoms with Gasteiger partial charge in [0, 0.05) is 22.1 Å². The Bertz CT molecular complexity index is 727. The van der Waals surface area contributed by atoms with E-state index >= 15 is 0 Å². The Morgan fingerprint density at radius 3 is 2.91 bits per heavy atom. The van der Waals surface area contributed by atoms with Gasteiger partial charge in [-0.1, -0.05) is 0 Å². The predicted molar refractivity (Wildman–Crippen MR) is 92.4 cm³/mol. The lowest BCUT2D eigenvalue weighted by atomic mass is 9.89. The molecule has 22 heavy (non-hydrogen) atoms. The number of carbonyl (C=O) groups excluding carboxylic acids is 1. The van der Waals surface area contributed by atoms with E-state index in [-0.39, 0.29) is 17.6 Å². The number of nitrogens with one attached hydrogen (secondary N) is 1. The first-order valence-corrected chi connectivity index (χ1v) is 8.65. The maximum atomic E-state index is 12.5. The average molecular weight is 381 g/mol. The van der Waals surface area contributed by atoms with Crippen molar-refractivity contribution in [2.75, 3.05) is 5.73 Å². The molecule has 1 atom stereocenters. The fraction of sp³-hybridized carbons (Fsp3) is 0.312. The molecule has 3 N–H and O–H groups in total. The molecule has 0 fully saturated rings. The van der Waals surface area contributed by atoms with Gasteiger partial charge in [0.15, 0.2) is 0 Å². The van der Waals surface area contributed by atoms with Crippen molar-refractivity contribution >= 4 is 38.9 Å². The lowest BCUT2D eigenvalue weighted by Crippen LogP contribution is -2.41. The van der Waals surface area contributed by atoms with Gasteiger partial charge in [0.2, 0.25) is 0 Å². The molecule has 2 aromatic rings. The lowest BCUT2D eigenvalue weighted by Gasteiger charge is -2.38. The van der Waals surface area contributed by atoms with E-state index in [2.05, 4.69) is 21.2 Å². The number of nitrogen functional groups attached to an aromatic ring is 1. The van der Waals surface area contributed by atoms with Crippen LogP contribution in [0, 0.1) is 0 Å². The second-order valence-electron chi connectivity index (χ2n) is 5.99. The minimum atomic E-state index is -0.340. The van der Waals surface area contributed by atoms with Crippen molar-refractivity contribution in [2.24, 2.45) is 0 Å². The molecule has 1 aromatic heterocycles. The topological polar surface area (TPSA) is 64.4 Å². The van der Waals surface area contributed by atoms with Crippen LogP contribution >= 0.6 is 27.3 Å². The van der Waals surface area contributed by atoms with Gasteiger partial charge in [0.1, 0.15) is 16.2 Å². The number of hydrogen-bond acceptors (Lipinski definition) is 4. The molecular weight excluding hydrogens is 364 g/mol. The number of anilines is 1. The van der Waals surface area contributed by atoms with E-state index in [9.17, 15) is 4.79 Å². The number of rotatable bonds is 2. The normalized spacial score (nSPS) is 19.1. The fourth-order valence-electron chi connectivity index (χ4n) is 2.68. The second-order valence-corrected chi connectivity index (χ2v) is 7.76. The van der Waals surface area contributed by atoms with Crippen LogP contribution in [0.25, 0.3) is 0 Å². The molecule has 1 aromatic carbocycles. The largest absolute Gasteiger partial charge is 0.487 e. The monoisotopic (exact) mass is 380 g/mol. The van der Waals surface area contributed by atoms with Crippen LogP contribution in [-0.4, -0.2) is 11.5 Å². The van der Waals surface area contributed by atoms with E-state index < -0.39 is 0 Å². The van der Waals surface area contributed by atoms with E-state index in [1.54, 1.807) is 0 Å². The van der Waals surface area contributed by atoms with Gasteiger partial charge in [0.05, 0.1) is 6.04 Å². The van der Waals surface area contributed by atoms with Crippen molar-refractivity contribution in [3.8, 4) is 5.75 Å². The number of amides is 1. The highest BCUT2D eigenvalue weighted by Gasteiger charge is 2.35. The zero-order valence-corrected chi connectivity index (χ0v) is 14.8. The van der Waals surface area contributed by atoms with Crippen molar-refractivity contribution < 1.29 is 9.53 Å². The number of ether oxygens (including phenoxy) is 1. The van der Waals surface area contributed by atoms with Gasteiger partial charge in [-0.2, -0.15) is 0 Å². The summed E-state index contributed by atoms with van der Waals surface area (Å²) >= 11 is 4.82. The Balaban J connectivity index is 1.92. The molecule has 116 valence electrons. The van der Waals surface area contributed by atoms with Crippen LogP contribution in [0.4, 0.5) is 5.69 Å². The Hall–Kier alpha value is -1.53. The van der Waals surface area contributed by atoms with Gasteiger partial charge in [-0.3, -0.25) is 4.79 Å². The number of thiophene rings is 1. The summed E-state index contributed by atoms with van der Waals surface area (Å²) in [6.45, 7) is 4.04. The van der Waals surface area contributed by atoms with Gasteiger partial charge in [-0.25, -0.2) is 0 Å². The average Bonchev–Trinajstić information content (AvgIpc) is 2.85. The highest BCUT2D eigenvalue weighted by atomic mass is 79.9. The molecule has 2 heterocycles. The molecule has 1 amide bonds. The Kier molecular flexibility index (Phi) is 3.91. The van der Waals surface area contributed by atoms with Crippen LogP contribution in [0.5, 0.6) is 5.75 Å². The predicted octanol–water partition coefficient (Wildman–Crippen LogP) is 4.13. The maximum Gasteiger partial charge on any atom is 0.262 e. The molecule has 0 spiro atoms. The minimum Gasteiger partial charge on any atom is -0.487 e. The van der Waals surface area contributed by atoms with Crippen LogP contribution in [0.1, 0.15) is 41.5 Å². The molecule has 1 aliphatic rings. The fourth-order valence-corrected chi connectivity index (χ4v) is 4.14. The summed E-state index contributed by atoms with van der Waals surface area (Å²) in [5.41, 5.74) is 7.14. The van der Waals surface area contributed by atoms with E-state index in [1.807, 2.05) is 43.5 Å². The number of benzene rings is 1. The molecule has 1 aliphatic heterocycles. The molecular formula is C16H17BrN2O2S. The summed E-state index contributed by atoms with van der Waals surface area (Å²) in [5, 5.41) is 4.99. The molecule has 0 aliphatic carbocycles. The first-order valence-electron chi connectivity index (χ1n) is 6.98. The highest BCUT2D eigenvalue weighted by Crippen LogP contribution is 2.40. The summed E-state index contributed by atoms with van der Waals surface area (Å²) in [4.78, 5) is 13.2. The van der Waals surface area contributed by atoms with Crippen LogP contribution in [-0.2, 0) is 0 Å². The Morgan fingerprint density at radius 1 is 1.45 bits per heavy atom. The highest BCUT2D eigenvalue weighted by molar-refractivity contribution is 9.10. The van der Waals surface area contributed by atoms with Gasteiger partial charge in [-0.15, -0.1) is 11.3 Å². The number of hydrogen-bond donors (Lipinski definition) is 2. The molecule has 6 heteroatoms. The van der Waals surface area contributed by atoms with Crippen molar-refractivity contribution in [1.82, 2.24) is 5.32 Å². The van der Waals surface area contributed by atoms with E-state index in [4.69, 9.17) is 10.5 Å². The van der Waals surface area contributed by atoms with E-state index in [0.717, 1.165) is 15.8 Å². The third-order valence-electron chi connectivity index (χ3n) is 3.62. The lowest BCUT2D eigenvalue weighted by molar-refractivity contribution is 0.0621. The van der Waals surface area contributed by atoms with Crippen LogP contribution in [0.2, 0.25) is 0 Å². The third kappa shape index (κ3) is 2.98. The van der Waals surface area contributed by atoms with E-state index in [0.29, 0.717) is 17.0 Å². The summed E-state index contributed by atoms with van der Waals surface area (Å²) in [5.74, 6) is 0.693. The first kappa shape index (κ1) is 15.4. The molecule has 0 saturated heterocycles. The summed E-state index contributed by atoms with van der Waals surface area (Å²) in [7, 11) is 0. The quantitative estimate of drug-likeness (QED) is 0.769. The number of carbonyl (C=O) groups is 1.